The zero-order valence-electron chi connectivity index (χ0n) is 19.4. The minimum atomic E-state index is -0.155. The van der Waals surface area contributed by atoms with Gasteiger partial charge in [0.05, 0.1) is 14.5 Å². The van der Waals surface area contributed by atoms with Crippen LogP contribution in [-0.2, 0) is 0 Å². The van der Waals surface area contributed by atoms with Gasteiger partial charge in [0.2, 0.25) is 0 Å². The van der Waals surface area contributed by atoms with Crippen molar-refractivity contribution in [2.75, 3.05) is 37.4 Å². The summed E-state index contributed by atoms with van der Waals surface area (Å²) in [6.07, 6.45) is 3.54. The normalized spacial score (nSPS) is 16.0. The molecule has 2 aromatic heterocycles. The van der Waals surface area contributed by atoms with Gasteiger partial charge < -0.3 is 20.1 Å². The molecule has 35 heavy (non-hydrogen) atoms. The van der Waals surface area contributed by atoms with Crippen molar-refractivity contribution in [3.63, 3.8) is 0 Å². The lowest BCUT2D eigenvalue weighted by Gasteiger charge is -2.34. The van der Waals surface area contributed by atoms with E-state index >= 15 is 0 Å². The van der Waals surface area contributed by atoms with Gasteiger partial charge >= 0.3 is 0 Å². The number of nitrogens with zero attached hydrogens (tertiary/aromatic N) is 3. The van der Waals surface area contributed by atoms with Crippen molar-refractivity contribution in [1.82, 2.24) is 14.9 Å². The number of likely N-dealkylation sites (tertiary alicyclic amines) is 1. The molecule has 0 spiro atoms. The van der Waals surface area contributed by atoms with Crippen molar-refractivity contribution in [1.29, 1.82) is 0 Å². The van der Waals surface area contributed by atoms with Crippen LogP contribution in [0.5, 0.6) is 0 Å². The molecule has 1 atom stereocenters. The van der Waals surface area contributed by atoms with Crippen molar-refractivity contribution in [3.05, 3.63) is 72.6 Å². The number of fused-ring (bicyclic) bond motifs is 3. The molecule has 0 radical (unpaired) electrons. The van der Waals surface area contributed by atoms with Crippen molar-refractivity contribution in [2.24, 2.45) is 0 Å². The lowest BCUT2D eigenvalue weighted by molar-refractivity contribution is 0.0715. The van der Waals surface area contributed by atoms with Gasteiger partial charge in [0.1, 0.15) is 5.82 Å². The first kappa shape index (κ1) is 24.1. The highest BCUT2D eigenvalue weighted by Gasteiger charge is 2.26. The van der Waals surface area contributed by atoms with Crippen LogP contribution in [0, 0.1) is 3.57 Å². The third kappa shape index (κ3) is 4.75. The van der Waals surface area contributed by atoms with E-state index in [0.29, 0.717) is 23.0 Å². The molecule has 1 saturated heterocycles. The maximum absolute atomic E-state index is 13.2. The predicted octanol–water partition coefficient (Wildman–Crippen LogP) is 5.23. The number of carbonyl (C=O) groups excluding carboxylic acids is 1. The van der Waals surface area contributed by atoms with Crippen LogP contribution >= 0.6 is 38.5 Å². The van der Waals surface area contributed by atoms with Gasteiger partial charge in [-0.2, -0.15) is 0 Å². The van der Waals surface area contributed by atoms with E-state index in [1.807, 2.05) is 66.4 Å². The molecular formula is C26H25BrIN5O2. The number of hydrogen-bond acceptors (Lipinski definition) is 5. The number of aromatic nitrogens is 2. The fourth-order valence-electron chi connectivity index (χ4n) is 4.62. The number of piperidine rings is 1. The molecule has 180 valence electrons. The van der Waals surface area contributed by atoms with Crippen LogP contribution in [0.3, 0.4) is 0 Å². The molecule has 0 unspecified atom stereocenters. The van der Waals surface area contributed by atoms with E-state index in [1.165, 1.54) is 0 Å². The maximum Gasteiger partial charge on any atom is 0.258 e. The molecule has 1 fully saturated rings. The van der Waals surface area contributed by atoms with E-state index in [1.54, 1.807) is 6.20 Å². The average molecular weight is 646 g/mol. The number of pyridine rings is 2. The molecule has 0 bridgehead atoms. The maximum atomic E-state index is 13.2. The van der Waals surface area contributed by atoms with E-state index in [9.17, 15) is 9.59 Å². The lowest BCUT2D eigenvalue weighted by atomic mass is 10.0. The Morgan fingerprint density at radius 2 is 1.97 bits per heavy atom. The number of H-pyrrole nitrogens is 1. The van der Waals surface area contributed by atoms with Crippen molar-refractivity contribution >= 4 is 77.6 Å². The Morgan fingerprint density at radius 3 is 2.71 bits per heavy atom. The average Bonchev–Trinajstić information content (AvgIpc) is 2.86. The molecule has 0 saturated carbocycles. The fourth-order valence-corrected chi connectivity index (χ4v) is 5.53. The number of nitrogens with one attached hydrogen (secondary N) is 2. The number of anilines is 2. The van der Waals surface area contributed by atoms with Crippen molar-refractivity contribution in [3.8, 4) is 0 Å². The minimum absolute atomic E-state index is 0.0446. The molecule has 5 rings (SSSR count). The van der Waals surface area contributed by atoms with Gasteiger partial charge in [0.25, 0.3) is 11.5 Å². The number of benzene rings is 2. The Hall–Kier alpha value is -2.66. The minimum Gasteiger partial charge on any atom is -0.378 e. The molecule has 1 amide bonds. The smallest absolute Gasteiger partial charge is 0.258 e. The summed E-state index contributed by atoms with van der Waals surface area (Å²) in [4.78, 5) is 37.5. The van der Waals surface area contributed by atoms with Crippen LogP contribution in [0.4, 0.5) is 11.5 Å². The monoisotopic (exact) mass is 645 g/mol. The highest BCUT2D eigenvalue weighted by atomic mass is 127. The molecule has 9 heteroatoms. The van der Waals surface area contributed by atoms with Crippen LogP contribution in [-0.4, -0.2) is 54.0 Å². The summed E-state index contributed by atoms with van der Waals surface area (Å²) >= 11 is 5.74. The second-order valence-corrected chi connectivity index (χ2v) is 11.1. The lowest BCUT2D eigenvalue weighted by Crippen LogP contribution is -2.45. The molecule has 2 aromatic carbocycles. The van der Waals surface area contributed by atoms with E-state index in [-0.39, 0.29) is 17.5 Å². The first-order valence-electron chi connectivity index (χ1n) is 11.4. The second-order valence-electron chi connectivity index (χ2n) is 9.02. The Kier molecular flexibility index (Phi) is 6.71. The Balaban J connectivity index is 1.45. The second kappa shape index (κ2) is 9.77. The summed E-state index contributed by atoms with van der Waals surface area (Å²) in [6, 6.07) is 13.7. The summed E-state index contributed by atoms with van der Waals surface area (Å²) in [5.41, 5.74) is 2.28. The zero-order chi connectivity index (χ0) is 24.7. The number of amides is 1. The molecule has 1 aliphatic heterocycles. The van der Waals surface area contributed by atoms with Gasteiger partial charge in [-0.25, -0.2) is 4.98 Å². The number of halogens is 2. The Morgan fingerprint density at radius 1 is 1.20 bits per heavy atom. The molecule has 0 aliphatic carbocycles. The van der Waals surface area contributed by atoms with Gasteiger partial charge in [-0.3, -0.25) is 9.59 Å². The van der Waals surface area contributed by atoms with E-state index in [2.05, 4.69) is 48.8 Å². The molecule has 2 N–H and O–H groups in total. The van der Waals surface area contributed by atoms with Gasteiger partial charge in [-0.15, -0.1) is 0 Å². The van der Waals surface area contributed by atoms with Crippen LogP contribution < -0.4 is 15.8 Å². The third-order valence-electron chi connectivity index (χ3n) is 6.43. The number of aromatic amines is 1. The molecule has 7 nitrogen and oxygen atoms in total. The van der Waals surface area contributed by atoms with Crippen LogP contribution in [0.2, 0.25) is 0 Å². The zero-order valence-corrected chi connectivity index (χ0v) is 23.2. The van der Waals surface area contributed by atoms with E-state index < -0.39 is 0 Å². The largest absolute Gasteiger partial charge is 0.378 e. The van der Waals surface area contributed by atoms with Crippen molar-refractivity contribution < 1.29 is 4.79 Å². The molecule has 4 aromatic rings. The van der Waals surface area contributed by atoms with Gasteiger partial charge in [0, 0.05) is 65.9 Å². The number of rotatable bonds is 4. The van der Waals surface area contributed by atoms with Gasteiger partial charge in [-0.05, 0) is 77.9 Å². The number of carbonyl (C=O) groups is 1. The van der Waals surface area contributed by atoms with Crippen LogP contribution in [0.15, 0.2) is 57.9 Å². The SMILES string of the molecule is CN(C)c1ccc(C(=O)N2CCC[C@H](Nc3nc4c(I)c[nH]c(=O)c4c4cc(Br)ccc34)C2)cc1. The predicted molar refractivity (Wildman–Crippen MR) is 154 cm³/mol. The quantitative estimate of drug-likeness (QED) is 0.235. The summed E-state index contributed by atoms with van der Waals surface area (Å²) in [5.74, 6) is 0.779. The Bertz CT molecular complexity index is 1490. The van der Waals surface area contributed by atoms with Crippen LogP contribution in [0.1, 0.15) is 23.2 Å². The van der Waals surface area contributed by atoms with Gasteiger partial charge in [-0.1, -0.05) is 15.9 Å². The van der Waals surface area contributed by atoms with E-state index in [4.69, 9.17) is 4.98 Å². The summed E-state index contributed by atoms with van der Waals surface area (Å²) in [5, 5.41) is 5.91. The third-order valence-corrected chi connectivity index (χ3v) is 7.75. The summed E-state index contributed by atoms with van der Waals surface area (Å²) in [6.45, 7) is 1.33. The van der Waals surface area contributed by atoms with E-state index in [0.717, 1.165) is 49.7 Å². The highest BCUT2D eigenvalue weighted by Crippen LogP contribution is 2.32. The van der Waals surface area contributed by atoms with Crippen LogP contribution in [0.25, 0.3) is 21.7 Å². The number of hydrogen-bond donors (Lipinski definition) is 2. The topological polar surface area (TPSA) is 81.3 Å². The molecular weight excluding hydrogens is 621 g/mol. The molecule has 3 heterocycles. The first-order valence-corrected chi connectivity index (χ1v) is 13.3. The summed E-state index contributed by atoms with van der Waals surface area (Å²) < 4.78 is 1.78. The first-order chi connectivity index (χ1) is 16.8. The van der Waals surface area contributed by atoms with Crippen molar-refractivity contribution in [2.45, 2.75) is 18.9 Å². The fraction of sp³-hybridized carbons (Fsp3) is 0.269. The molecule has 1 aliphatic rings. The Labute approximate surface area is 225 Å². The summed E-state index contributed by atoms with van der Waals surface area (Å²) in [7, 11) is 3.97. The highest BCUT2D eigenvalue weighted by molar-refractivity contribution is 14.1. The standard InChI is InChI=1S/C26H25BrIN5O2/c1-32(2)18-8-5-15(6-9-18)26(35)33-11-3-4-17(14-33)30-24-19-10-7-16(27)12-20(19)22-23(31-24)21(28)13-29-25(22)34/h5-10,12-13,17H,3-4,11,14H2,1-2H3,(H,29,34)(H,30,31)/t17-/m0/s1. The van der Waals surface area contributed by atoms with Gasteiger partial charge in [0.15, 0.2) is 0 Å².